The van der Waals surface area contributed by atoms with Crippen LogP contribution in [0.1, 0.15) is 26.6 Å². The van der Waals surface area contributed by atoms with E-state index in [4.69, 9.17) is 4.74 Å². The van der Waals surface area contributed by atoms with Gasteiger partial charge in [0.2, 0.25) is 0 Å². The second-order valence-corrected chi connectivity index (χ2v) is 6.16. The summed E-state index contributed by atoms with van der Waals surface area (Å²) in [7, 11) is 0. The fraction of sp³-hybridized carbons (Fsp3) is 0.636. The largest absolute Gasteiger partial charge is 0.444 e. The molecular weight excluding hydrogens is 333 g/mol. The van der Waals surface area contributed by atoms with Crippen LogP contribution in [0, 0.1) is 3.70 Å². The molecule has 6 heteroatoms. The molecule has 5 nitrogen and oxygen atoms in total. The zero-order valence-corrected chi connectivity index (χ0v) is 12.4. The van der Waals surface area contributed by atoms with E-state index in [1.807, 2.05) is 27.0 Å². The summed E-state index contributed by atoms with van der Waals surface area (Å²) in [5, 5.41) is 0. The predicted molar refractivity (Wildman–Crippen MR) is 71.6 cm³/mol. The van der Waals surface area contributed by atoms with Crippen LogP contribution in [-0.2, 0) is 17.8 Å². The second-order valence-electron chi connectivity index (χ2n) is 5.05. The van der Waals surface area contributed by atoms with Crippen molar-refractivity contribution >= 4 is 28.7 Å². The number of halogens is 1. The van der Waals surface area contributed by atoms with Gasteiger partial charge in [-0.3, -0.25) is 4.90 Å². The lowest BCUT2D eigenvalue weighted by Gasteiger charge is -2.30. The molecule has 1 amide bonds. The number of nitrogens with zero attached hydrogens (tertiary/aromatic N) is 3. The number of aromatic nitrogens is 2. The number of hydrogen-bond donors (Lipinski definition) is 0. The van der Waals surface area contributed by atoms with Crippen molar-refractivity contribution in [2.45, 2.75) is 39.5 Å². The van der Waals surface area contributed by atoms with Gasteiger partial charge in [0.25, 0.3) is 0 Å². The number of rotatable bonds is 0. The molecule has 0 aliphatic carbocycles. The average Bonchev–Trinajstić information content (AvgIpc) is 2.57. The molecule has 1 aliphatic heterocycles. The van der Waals surface area contributed by atoms with Gasteiger partial charge < -0.3 is 9.30 Å². The standard InChI is InChI=1S/C11H16IN3O2/c1-11(2,3)17-10(16)14-4-5-15-8(12)6-13-9(15)7-14/h6H,4-5,7H2,1-3H3. The van der Waals surface area contributed by atoms with Crippen molar-refractivity contribution in [2.75, 3.05) is 6.54 Å². The van der Waals surface area contributed by atoms with Crippen LogP contribution in [0.25, 0.3) is 0 Å². The van der Waals surface area contributed by atoms with Crippen molar-refractivity contribution in [3.05, 3.63) is 15.7 Å². The lowest BCUT2D eigenvalue weighted by atomic mass is 10.2. The molecule has 0 saturated carbocycles. The van der Waals surface area contributed by atoms with Gasteiger partial charge in [-0.15, -0.1) is 0 Å². The first-order valence-electron chi connectivity index (χ1n) is 5.54. The minimum absolute atomic E-state index is 0.262. The molecule has 0 spiro atoms. The minimum Gasteiger partial charge on any atom is -0.444 e. The zero-order chi connectivity index (χ0) is 12.6. The van der Waals surface area contributed by atoms with Crippen molar-refractivity contribution in [1.29, 1.82) is 0 Å². The van der Waals surface area contributed by atoms with Crippen LogP contribution < -0.4 is 0 Å². The van der Waals surface area contributed by atoms with E-state index in [1.54, 1.807) is 4.90 Å². The molecule has 17 heavy (non-hydrogen) atoms. The van der Waals surface area contributed by atoms with Crippen molar-refractivity contribution < 1.29 is 9.53 Å². The Morgan fingerprint density at radius 1 is 1.47 bits per heavy atom. The summed E-state index contributed by atoms with van der Waals surface area (Å²) in [4.78, 5) is 17.9. The third-order valence-corrected chi connectivity index (χ3v) is 3.33. The highest BCUT2D eigenvalue weighted by Crippen LogP contribution is 2.18. The van der Waals surface area contributed by atoms with Crippen LogP contribution in [0.5, 0.6) is 0 Å². The lowest BCUT2D eigenvalue weighted by Crippen LogP contribution is -2.41. The zero-order valence-electron chi connectivity index (χ0n) is 10.2. The number of carbonyl (C=O) groups is 1. The fourth-order valence-corrected chi connectivity index (χ4v) is 2.36. The van der Waals surface area contributed by atoms with Crippen LogP contribution in [0.4, 0.5) is 4.79 Å². The molecule has 2 rings (SSSR count). The average molecular weight is 349 g/mol. The van der Waals surface area contributed by atoms with Gasteiger partial charge in [-0.25, -0.2) is 9.78 Å². The monoisotopic (exact) mass is 349 g/mol. The molecule has 0 fully saturated rings. The van der Waals surface area contributed by atoms with E-state index in [-0.39, 0.29) is 6.09 Å². The summed E-state index contributed by atoms with van der Waals surface area (Å²) < 4.78 is 8.59. The van der Waals surface area contributed by atoms with E-state index < -0.39 is 5.60 Å². The Balaban J connectivity index is 2.05. The van der Waals surface area contributed by atoms with Crippen molar-refractivity contribution in [3.8, 4) is 0 Å². The van der Waals surface area contributed by atoms with Gasteiger partial charge in [0, 0.05) is 13.1 Å². The van der Waals surface area contributed by atoms with Gasteiger partial charge in [0.1, 0.15) is 11.4 Å². The molecule has 0 radical (unpaired) electrons. The van der Waals surface area contributed by atoms with Gasteiger partial charge in [0.05, 0.1) is 16.4 Å². The Bertz CT molecular complexity index is 436. The van der Waals surface area contributed by atoms with Gasteiger partial charge in [-0.05, 0) is 43.4 Å². The number of fused-ring (bicyclic) bond motifs is 1. The summed E-state index contributed by atoms with van der Waals surface area (Å²) in [6.45, 7) is 7.61. The third kappa shape index (κ3) is 2.91. The summed E-state index contributed by atoms with van der Waals surface area (Å²) in [6, 6.07) is 0. The van der Waals surface area contributed by atoms with E-state index in [0.717, 1.165) is 16.1 Å². The molecular formula is C11H16IN3O2. The molecule has 0 saturated heterocycles. The van der Waals surface area contributed by atoms with Crippen LogP contribution >= 0.6 is 22.6 Å². The molecule has 2 heterocycles. The Hall–Kier alpha value is -0.790. The molecule has 0 unspecified atom stereocenters. The summed E-state index contributed by atoms with van der Waals surface area (Å²) in [5.74, 6) is 0.923. The number of amides is 1. The van der Waals surface area contributed by atoms with Gasteiger partial charge in [-0.2, -0.15) is 0 Å². The lowest BCUT2D eigenvalue weighted by molar-refractivity contribution is 0.0194. The van der Waals surface area contributed by atoms with Crippen LogP contribution in [-0.4, -0.2) is 32.7 Å². The first-order valence-corrected chi connectivity index (χ1v) is 6.62. The van der Waals surface area contributed by atoms with E-state index in [0.29, 0.717) is 13.1 Å². The SMILES string of the molecule is CC(C)(C)OC(=O)N1CCn2c(I)cnc2C1. The Morgan fingerprint density at radius 2 is 2.18 bits per heavy atom. The Morgan fingerprint density at radius 3 is 2.82 bits per heavy atom. The third-order valence-electron chi connectivity index (χ3n) is 2.47. The van der Waals surface area contributed by atoms with Crippen LogP contribution in [0.2, 0.25) is 0 Å². The highest BCUT2D eigenvalue weighted by atomic mass is 127. The maximum Gasteiger partial charge on any atom is 0.410 e. The highest BCUT2D eigenvalue weighted by Gasteiger charge is 2.26. The summed E-state index contributed by atoms with van der Waals surface area (Å²) in [6.07, 6.45) is 1.57. The second kappa shape index (κ2) is 4.47. The molecule has 0 atom stereocenters. The maximum absolute atomic E-state index is 11.9. The van der Waals surface area contributed by atoms with Crippen molar-refractivity contribution in [2.24, 2.45) is 0 Å². The molecule has 0 N–H and O–H groups in total. The topological polar surface area (TPSA) is 47.4 Å². The molecule has 94 valence electrons. The molecule has 1 aromatic heterocycles. The number of hydrogen-bond acceptors (Lipinski definition) is 3. The highest BCUT2D eigenvalue weighted by molar-refractivity contribution is 14.1. The minimum atomic E-state index is -0.446. The van der Waals surface area contributed by atoms with Crippen LogP contribution in [0.15, 0.2) is 6.20 Å². The Kier molecular flexibility index (Phi) is 3.33. The number of imidazole rings is 1. The van der Waals surface area contributed by atoms with Crippen molar-refractivity contribution in [1.82, 2.24) is 14.5 Å². The predicted octanol–water partition coefficient (Wildman–Crippen LogP) is 2.24. The van der Waals surface area contributed by atoms with E-state index in [1.165, 1.54) is 0 Å². The van der Waals surface area contributed by atoms with Gasteiger partial charge >= 0.3 is 6.09 Å². The number of ether oxygens (including phenoxy) is 1. The smallest absolute Gasteiger partial charge is 0.410 e. The molecule has 1 aromatic rings. The first kappa shape index (κ1) is 12.7. The normalized spacial score (nSPS) is 15.6. The summed E-state index contributed by atoms with van der Waals surface area (Å²) in [5.41, 5.74) is -0.446. The van der Waals surface area contributed by atoms with Gasteiger partial charge in [0.15, 0.2) is 0 Å². The van der Waals surface area contributed by atoms with E-state index >= 15 is 0 Å². The molecule has 0 bridgehead atoms. The number of carbonyl (C=O) groups excluding carboxylic acids is 1. The van der Waals surface area contributed by atoms with Crippen molar-refractivity contribution in [3.63, 3.8) is 0 Å². The first-order chi connectivity index (χ1) is 7.87. The fourth-order valence-electron chi connectivity index (χ4n) is 1.71. The quantitative estimate of drug-likeness (QED) is 0.675. The summed E-state index contributed by atoms with van der Waals surface area (Å²) >= 11 is 2.25. The van der Waals surface area contributed by atoms with Crippen LogP contribution in [0.3, 0.4) is 0 Å². The maximum atomic E-state index is 11.9. The Labute approximate surface area is 114 Å². The molecule has 0 aromatic carbocycles. The van der Waals surface area contributed by atoms with E-state index in [2.05, 4.69) is 32.1 Å². The van der Waals surface area contributed by atoms with E-state index in [9.17, 15) is 4.79 Å². The molecule has 1 aliphatic rings. The van der Waals surface area contributed by atoms with Gasteiger partial charge in [-0.1, -0.05) is 0 Å².